The second kappa shape index (κ2) is 8.90. The van der Waals surface area contributed by atoms with Gasteiger partial charge in [-0.15, -0.1) is 0 Å². The molecule has 3 atom stereocenters. The van der Waals surface area contributed by atoms with Gasteiger partial charge in [-0.25, -0.2) is 0 Å². The Balaban J connectivity index is 2.32. The molecule has 1 fully saturated rings. The summed E-state index contributed by atoms with van der Waals surface area (Å²) >= 11 is 0. The van der Waals surface area contributed by atoms with Crippen molar-refractivity contribution in [3.8, 4) is 0 Å². The second-order valence-corrected chi connectivity index (χ2v) is 4.86. The van der Waals surface area contributed by atoms with Crippen LogP contribution in [0.15, 0.2) is 0 Å². The molecule has 0 amide bonds. The summed E-state index contributed by atoms with van der Waals surface area (Å²) in [5.74, 6) is 0.849. The van der Waals surface area contributed by atoms with E-state index in [9.17, 15) is 0 Å². The molecule has 0 spiro atoms. The fraction of sp³-hybridized carbons (Fsp3) is 1.00. The lowest BCUT2D eigenvalue weighted by Gasteiger charge is -2.36. The number of nitrogens with one attached hydrogen (secondary N) is 1. The van der Waals surface area contributed by atoms with Crippen LogP contribution in [0.5, 0.6) is 0 Å². The third-order valence-electron chi connectivity index (χ3n) is 3.71. The van der Waals surface area contributed by atoms with Gasteiger partial charge in [0.05, 0.1) is 19.3 Å². The third kappa shape index (κ3) is 5.36. The lowest BCUT2D eigenvalue weighted by atomic mass is 9.82. The Bertz CT molecular complexity index is 187. The largest absolute Gasteiger partial charge is 0.379 e. The molecule has 1 saturated carbocycles. The molecule has 1 aliphatic rings. The van der Waals surface area contributed by atoms with Crippen LogP contribution in [0.2, 0.25) is 0 Å². The van der Waals surface area contributed by atoms with E-state index in [1.165, 1.54) is 25.7 Å². The van der Waals surface area contributed by atoms with Crippen LogP contribution in [0.4, 0.5) is 0 Å². The van der Waals surface area contributed by atoms with Crippen molar-refractivity contribution in [1.29, 1.82) is 0 Å². The fourth-order valence-corrected chi connectivity index (χ4v) is 2.67. The highest BCUT2D eigenvalue weighted by Crippen LogP contribution is 2.28. The van der Waals surface area contributed by atoms with Gasteiger partial charge in [0.15, 0.2) is 0 Å². The van der Waals surface area contributed by atoms with Crippen molar-refractivity contribution in [2.24, 2.45) is 5.92 Å². The molecule has 3 heteroatoms. The smallest absolute Gasteiger partial charge is 0.0731 e. The fourth-order valence-electron chi connectivity index (χ4n) is 2.67. The second-order valence-electron chi connectivity index (χ2n) is 4.86. The summed E-state index contributed by atoms with van der Waals surface area (Å²) in [6.07, 6.45) is 5.48. The first-order valence-electron chi connectivity index (χ1n) is 7.24. The molecule has 0 aromatic heterocycles. The summed E-state index contributed by atoms with van der Waals surface area (Å²) in [5, 5.41) is 3.55. The Labute approximate surface area is 106 Å². The molecule has 0 bridgehead atoms. The topological polar surface area (TPSA) is 30.5 Å². The monoisotopic (exact) mass is 243 g/mol. The van der Waals surface area contributed by atoms with Crippen molar-refractivity contribution < 1.29 is 9.47 Å². The molecular formula is C14H29NO2. The van der Waals surface area contributed by atoms with Crippen molar-refractivity contribution in [2.45, 2.75) is 58.6 Å². The number of hydrogen-bond acceptors (Lipinski definition) is 3. The van der Waals surface area contributed by atoms with E-state index in [1.807, 2.05) is 6.92 Å². The van der Waals surface area contributed by atoms with Crippen LogP contribution in [0, 0.1) is 5.92 Å². The average Bonchev–Trinajstić information content (AvgIpc) is 2.36. The summed E-state index contributed by atoms with van der Waals surface area (Å²) in [4.78, 5) is 0. The Morgan fingerprint density at radius 1 is 1.12 bits per heavy atom. The van der Waals surface area contributed by atoms with Crippen LogP contribution in [0.1, 0.15) is 46.5 Å². The summed E-state index contributed by atoms with van der Waals surface area (Å²) < 4.78 is 11.3. The van der Waals surface area contributed by atoms with Gasteiger partial charge in [-0.3, -0.25) is 0 Å². The van der Waals surface area contributed by atoms with Gasteiger partial charge in [0.1, 0.15) is 0 Å². The van der Waals surface area contributed by atoms with Crippen molar-refractivity contribution in [2.75, 3.05) is 26.4 Å². The molecule has 0 heterocycles. The molecule has 102 valence electrons. The minimum atomic E-state index is 0.383. The maximum Gasteiger partial charge on any atom is 0.0731 e. The van der Waals surface area contributed by atoms with E-state index < -0.39 is 0 Å². The molecule has 1 rings (SSSR count). The first kappa shape index (κ1) is 14.9. The summed E-state index contributed by atoms with van der Waals surface area (Å²) in [5.41, 5.74) is 0. The van der Waals surface area contributed by atoms with Gasteiger partial charge >= 0.3 is 0 Å². The predicted octanol–water partition coefficient (Wildman–Crippen LogP) is 2.60. The summed E-state index contributed by atoms with van der Waals surface area (Å²) in [6, 6.07) is 0.546. The van der Waals surface area contributed by atoms with Crippen LogP contribution < -0.4 is 5.32 Å². The van der Waals surface area contributed by atoms with Gasteiger partial charge in [0.25, 0.3) is 0 Å². The first-order chi connectivity index (χ1) is 8.31. The lowest BCUT2D eigenvalue weighted by Crippen LogP contribution is -2.45. The number of rotatable bonds is 8. The van der Waals surface area contributed by atoms with Crippen LogP contribution in [-0.2, 0) is 9.47 Å². The molecule has 0 aromatic carbocycles. The van der Waals surface area contributed by atoms with Gasteiger partial charge < -0.3 is 14.8 Å². The zero-order valence-electron chi connectivity index (χ0n) is 11.7. The minimum Gasteiger partial charge on any atom is -0.379 e. The van der Waals surface area contributed by atoms with Crippen LogP contribution in [-0.4, -0.2) is 38.5 Å². The number of hydrogen-bond donors (Lipinski definition) is 1. The van der Waals surface area contributed by atoms with Gasteiger partial charge in [-0.2, -0.15) is 0 Å². The van der Waals surface area contributed by atoms with Gasteiger partial charge in [-0.1, -0.05) is 20.3 Å². The third-order valence-corrected chi connectivity index (χ3v) is 3.71. The van der Waals surface area contributed by atoms with Gasteiger partial charge in [-0.05, 0) is 38.6 Å². The maximum absolute atomic E-state index is 5.99. The van der Waals surface area contributed by atoms with Crippen molar-refractivity contribution >= 4 is 0 Å². The molecule has 1 aliphatic carbocycles. The highest BCUT2D eigenvalue weighted by atomic mass is 16.5. The summed E-state index contributed by atoms with van der Waals surface area (Å²) in [6.45, 7) is 9.75. The Hall–Kier alpha value is -0.120. The molecule has 0 saturated heterocycles. The highest BCUT2D eigenvalue weighted by molar-refractivity contribution is 4.85. The zero-order valence-corrected chi connectivity index (χ0v) is 11.7. The van der Waals surface area contributed by atoms with Crippen LogP contribution in [0.3, 0.4) is 0 Å². The normalized spacial score (nSPS) is 29.5. The number of ether oxygens (including phenoxy) is 2. The predicted molar refractivity (Wildman–Crippen MR) is 71.3 cm³/mol. The van der Waals surface area contributed by atoms with E-state index in [0.29, 0.717) is 12.1 Å². The zero-order chi connectivity index (χ0) is 12.5. The van der Waals surface area contributed by atoms with E-state index in [4.69, 9.17) is 9.47 Å². The quantitative estimate of drug-likeness (QED) is 0.665. The van der Waals surface area contributed by atoms with Crippen LogP contribution >= 0.6 is 0 Å². The Morgan fingerprint density at radius 3 is 2.59 bits per heavy atom. The van der Waals surface area contributed by atoms with E-state index in [2.05, 4.69) is 19.2 Å². The lowest BCUT2D eigenvalue weighted by molar-refractivity contribution is -0.0346. The molecule has 1 N–H and O–H groups in total. The molecular weight excluding hydrogens is 214 g/mol. The molecule has 3 nitrogen and oxygen atoms in total. The molecule has 0 aromatic rings. The average molecular weight is 243 g/mol. The van der Waals surface area contributed by atoms with Gasteiger partial charge in [0, 0.05) is 12.6 Å². The van der Waals surface area contributed by atoms with E-state index in [0.717, 1.165) is 32.3 Å². The van der Waals surface area contributed by atoms with E-state index in [1.54, 1.807) is 0 Å². The van der Waals surface area contributed by atoms with Crippen molar-refractivity contribution in [3.05, 3.63) is 0 Å². The Kier molecular flexibility index (Phi) is 7.82. The van der Waals surface area contributed by atoms with Crippen molar-refractivity contribution in [3.63, 3.8) is 0 Å². The standard InChI is InChI=1S/C14H29NO2/c1-4-12-7-8-13(15-5-2)14(11-12)17-10-9-16-6-3/h12-15H,4-11H2,1-3H3. The molecule has 0 aliphatic heterocycles. The number of likely N-dealkylation sites (N-methyl/N-ethyl adjacent to an activating group) is 1. The van der Waals surface area contributed by atoms with E-state index in [-0.39, 0.29) is 0 Å². The molecule has 3 unspecified atom stereocenters. The van der Waals surface area contributed by atoms with Gasteiger partial charge in [0.2, 0.25) is 0 Å². The molecule has 0 radical (unpaired) electrons. The maximum atomic E-state index is 5.99. The van der Waals surface area contributed by atoms with Crippen LogP contribution in [0.25, 0.3) is 0 Å². The van der Waals surface area contributed by atoms with Crippen molar-refractivity contribution in [1.82, 2.24) is 5.32 Å². The molecule has 17 heavy (non-hydrogen) atoms. The summed E-state index contributed by atoms with van der Waals surface area (Å²) in [7, 11) is 0. The Morgan fingerprint density at radius 2 is 1.94 bits per heavy atom. The minimum absolute atomic E-state index is 0.383. The first-order valence-corrected chi connectivity index (χ1v) is 7.24. The highest BCUT2D eigenvalue weighted by Gasteiger charge is 2.29. The van der Waals surface area contributed by atoms with E-state index >= 15 is 0 Å². The SMILES string of the molecule is CCNC1CCC(CC)CC1OCCOCC.